The van der Waals surface area contributed by atoms with Crippen LogP contribution in [0.4, 0.5) is 17.1 Å². The van der Waals surface area contributed by atoms with Gasteiger partial charge in [0.2, 0.25) is 12.1 Å². The summed E-state index contributed by atoms with van der Waals surface area (Å²) in [6.07, 6.45) is -11.0. The molecule has 0 heterocycles. The number of carbonyl (C=O) groups excluding carboxylic acids is 6. The molecule has 0 radical (unpaired) electrons. The molecular formula is C36H44N22O12. The van der Waals surface area contributed by atoms with Crippen LogP contribution in [0.3, 0.4) is 0 Å². The smallest absolute Gasteiger partial charge is 0.301 e. The first-order chi connectivity index (χ1) is 32.8. The second kappa shape index (κ2) is 24.1. The van der Waals surface area contributed by atoms with Crippen LogP contribution in [0, 0.1) is 53.2 Å². The van der Waals surface area contributed by atoms with Gasteiger partial charge < -0.3 is 91.6 Å². The lowest BCUT2D eigenvalue weighted by atomic mass is 10.1. The monoisotopic (exact) mass is 976 g/mol. The van der Waals surface area contributed by atoms with Crippen LogP contribution < -0.4 is 81.4 Å². The van der Waals surface area contributed by atoms with Crippen molar-refractivity contribution in [2.24, 2.45) is 28.7 Å². The van der Waals surface area contributed by atoms with Crippen LogP contribution in [-0.4, -0.2) is 110 Å². The first kappa shape index (κ1) is 53.7. The Kier molecular flexibility index (Phi) is 18.5. The van der Waals surface area contributed by atoms with E-state index < -0.39 is 135 Å². The van der Waals surface area contributed by atoms with Gasteiger partial charge >= 0.3 is 11.4 Å². The average Bonchev–Trinajstić information content (AvgIpc) is 3.28. The molecular weight excluding hydrogens is 933 g/mol. The molecule has 34 nitrogen and oxygen atoms in total. The molecule has 0 aliphatic heterocycles. The van der Waals surface area contributed by atoms with Gasteiger partial charge in [-0.2, -0.15) is 5.26 Å². The number of phenols is 1. The van der Waals surface area contributed by atoms with E-state index in [2.05, 4.69) is 16.0 Å². The lowest BCUT2D eigenvalue weighted by molar-refractivity contribution is -0.392. The van der Waals surface area contributed by atoms with Crippen LogP contribution in [0.2, 0.25) is 0 Å². The van der Waals surface area contributed by atoms with E-state index in [4.69, 9.17) is 50.3 Å². The van der Waals surface area contributed by atoms with Crippen LogP contribution in [0.5, 0.6) is 5.75 Å². The number of nitro benzene ring substituents is 2. The second-order valence-electron chi connectivity index (χ2n) is 13.9. The molecule has 0 aliphatic carbocycles. The molecule has 0 aromatic heterocycles. The molecule has 6 unspecified atom stereocenters. The molecule has 0 spiro atoms. The van der Waals surface area contributed by atoms with Crippen molar-refractivity contribution in [2.45, 2.75) is 43.5 Å². The Labute approximate surface area is 392 Å². The van der Waals surface area contributed by atoms with Crippen LogP contribution >= 0.6 is 0 Å². The molecule has 3 aromatic carbocycles. The number of nitrogens with zero attached hydrogens (tertiary/aromatic N) is 4. The van der Waals surface area contributed by atoms with Gasteiger partial charge in [0.25, 0.3) is 29.5 Å². The van der Waals surface area contributed by atoms with Crippen LogP contribution in [-0.2, 0) is 35.3 Å². The Morgan fingerprint density at radius 1 is 0.614 bits per heavy atom. The molecule has 3 rings (SSSR count). The van der Waals surface area contributed by atoms with E-state index in [1.165, 1.54) is 42.5 Å². The number of benzene rings is 3. The van der Waals surface area contributed by atoms with E-state index in [0.29, 0.717) is 17.0 Å². The summed E-state index contributed by atoms with van der Waals surface area (Å²) in [5.41, 5.74) is 22.9. The lowest BCUT2D eigenvalue weighted by Gasteiger charge is -2.30. The highest BCUT2D eigenvalue weighted by Gasteiger charge is 2.39. The highest BCUT2D eigenvalue weighted by Crippen LogP contribution is 2.40. The van der Waals surface area contributed by atoms with Gasteiger partial charge in [-0.15, -0.1) is 0 Å². The first-order valence-electron chi connectivity index (χ1n) is 19.2. The maximum Gasteiger partial charge on any atom is 0.301 e. The minimum atomic E-state index is -2.65. The van der Waals surface area contributed by atoms with E-state index in [0.717, 1.165) is 12.1 Å². The van der Waals surface area contributed by atoms with Crippen LogP contribution in [0.15, 0.2) is 66.7 Å². The summed E-state index contributed by atoms with van der Waals surface area (Å²) < 4.78 is 0. The number of aromatic hydroxyl groups is 1. The SMILES string of the molecule is N#Cc1cc([N+](=O)[O-])c(N(Cc2ccc(O)cc2)C(O)C(=O)NC(C(=O)NC(NC(=N)N)C(=O)NC(NC(=N)N)C(=O)NC(NC(=N)N)C(=O)NC(NC(=N)N)C(N)=O)c2ccccc2)c([N+](=O)[O-])c1. The van der Waals surface area contributed by atoms with Gasteiger partial charge in [0, 0.05) is 18.7 Å². The summed E-state index contributed by atoms with van der Waals surface area (Å²) in [5, 5.41) is 104. The number of anilines is 1. The van der Waals surface area contributed by atoms with E-state index in [1.54, 1.807) is 6.07 Å². The molecule has 0 fully saturated rings. The van der Waals surface area contributed by atoms with Gasteiger partial charge in [-0.1, -0.05) is 42.5 Å². The van der Waals surface area contributed by atoms with Gasteiger partial charge in [-0.05, 0) is 23.3 Å². The number of carbonyl (C=O) groups is 6. The normalized spacial score (nSPS) is 12.9. The number of hydrogen-bond acceptors (Lipinski definition) is 18. The molecule has 3 aromatic rings. The predicted molar refractivity (Wildman–Crippen MR) is 239 cm³/mol. The van der Waals surface area contributed by atoms with Gasteiger partial charge in [-0.3, -0.25) is 70.6 Å². The number of aliphatic hydroxyl groups excluding tert-OH is 1. The molecule has 0 saturated heterocycles. The predicted octanol–water partition coefficient (Wildman–Crippen LogP) is -6.55. The molecule has 25 N–H and O–H groups in total. The van der Waals surface area contributed by atoms with Crippen molar-refractivity contribution in [3.63, 3.8) is 0 Å². The van der Waals surface area contributed by atoms with E-state index in [9.17, 15) is 64.5 Å². The van der Waals surface area contributed by atoms with Crippen molar-refractivity contribution in [2.75, 3.05) is 4.90 Å². The summed E-state index contributed by atoms with van der Waals surface area (Å²) >= 11 is 0. The van der Waals surface area contributed by atoms with E-state index in [1.807, 2.05) is 31.9 Å². The summed E-state index contributed by atoms with van der Waals surface area (Å²) in [6.45, 7) is -0.723. The summed E-state index contributed by atoms with van der Waals surface area (Å²) in [6, 6.07) is 12.5. The van der Waals surface area contributed by atoms with Crippen molar-refractivity contribution in [3.05, 3.63) is 104 Å². The zero-order valence-electron chi connectivity index (χ0n) is 35.7. The molecule has 34 heteroatoms. The Morgan fingerprint density at radius 2 is 1.01 bits per heavy atom. The van der Waals surface area contributed by atoms with Crippen molar-refractivity contribution in [1.29, 1.82) is 26.9 Å². The van der Waals surface area contributed by atoms with Crippen molar-refractivity contribution in [3.8, 4) is 11.8 Å². The van der Waals surface area contributed by atoms with Crippen molar-refractivity contribution < 1.29 is 48.8 Å². The zero-order chi connectivity index (χ0) is 52.6. The fourth-order valence-corrected chi connectivity index (χ4v) is 5.84. The number of nitrogens with one attached hydrogen (secondary N) is 13. The molecule has 0 aliphatic rings. The van der Waals surface area contributed by atoms with Gasteiger partial charge in [0.1, 0.15) is 11.8 Å². The minimum absolute atomic E-state index is 0.0854. The number of guanidine groups is 4. The number of nitro groups is 2. The number of nitrogens with two attached hydrogens (primary N) is 5. The Morgan fingerprint density at radius 3 is 1.40 bits per heavy atom. The maximum absolute atomic E-state index is 14.2. The third-order valence-electron chi connectivity index (χ3n) is 8.80. The minimum Gasteiger partial charge on any atom is -0.508 e. The van der Waals surface area contributed by atoms with Crippen LogP contribution in [0.1, 0.15) is 22.7 Å². The second-order valence-corrected chi connectivity index (χ2v) is 13.9. The third-order valence-corrected chi connectivity index (χ3v) is 8.80. The van der Waals surface area contributed by atoms with E-state index in [-0.39, 0.29) is 16.9 Å². The number of hydrogen-bond donors (Lipinski definition) is 20. The quantitative estimate of drug-likeness (QED) is 0.0146. The van der Waals surface area contributed by atoms with Gasteiger partial charge in [0.15, 0.2) is 54.2 Å². The number of nitriles is 1. The fraction of sp³-hybridized carbons (Fsp3) is 0.194. The number of aliphatic hydroxyl groups is 1. The molecule has 6 amide bonds. The largest absolute Gasteiger partial charge is 0.508 e. The van der Waals surface area contributed by atoms with Gasteiger partial charge in [-0.25, -0.2) is 0 Å². The van der Waals surface area contributed by atoms with Crippen molar-refractivity contribution in [1.82, 2.24) is 47.9 Å². The standard InChI is InChI=1S/C36H44N22O12/c37-12-15-10-18(57(67)68)21(19(11-15)58(69)70)56(13-14-6-8-17(59)9-7-14)32(66)31(65)47-20(16-4-2-1-3-5-16)27(61)49-24(53-34(41)42)29(63)51-26(55-36(45)46)30(64)50-25(54-35(43)44)28(62)48-23(22(38)60)52-33(39)40/h1-11,20,23-26,32,59,66H,13H2,(H2,38,60)(H,47,65)(H,48,62)(H,49,61)(H,50,64)(H,51,63)(H4,39,40,52)(H4,41,42,53)(H4,43,44,54)(H4,45,46,55). The highest BCUT2D eigenvalue weighted by atomic mass is 16.6. The molecule has 70 heavy (non-hydrogen) atoms. The van der Waals surface area contributed by atoms with Crippen molar-refractivity contribution >= 4 is 76.3 Å². The van der Waals surface area contributed by atoms with Crippen LogP contribution in [0.25, 0.3) is 0 Å². The first-order valence-corrected chi connectivity index (χ1v) is 19.2. The summed E-state index contributed by atoms with van der Waals surface area (Å²) in [4.78, 5) is 103. The Hall–Kier alpha value is -10.6. The number of amides is 6. The maximum atomic E-state index is 14.2. The zero-order valence-corrected chi connectivity index (χ0v) is 35.7. The molecule has 0 saturated carbocycles. The highest BCUT2D eigenvalue weighted by molar-refractivity contribution is 6.00. The average molecular weight is 977 g/mol. The number of rotatable bonds is 22. The molecule has 370 valence electrons. The molecule has 0 bridgehead atoms. The number of primary amides is 1. The fourth-order valence-electron chi connectivity index (χ4n) is 5.84. The molecule has 6 atom stereocenters. The Bertz CT molecular complexity index is 2580. The lowest BCUT2D eigenvalue weighted by Crippen LogP contribution is -2.68. The summed E-state index contributed by atoms with van der Waals surface area (Å²) in [5.74, 6) is -12.5. The number of phenolic OH excluding ortho intramolecular Hbond substituents is 1. The Balaban J connectivity index is 2.04. The van der Waals surface area contributed by atoms with E-state index >= 15 is 0 Å². The summed E-state index contributed by atoms with van der Waals surface area (Å²) in [7, 11) is 0. The topological polar surface area (TPSA) is 590 Å². The van der Waals surface area contributed by atoms with Gasteiger partial charge in [0.05, 0.1) is 21.5 Å². The third kappa shape index (κ3) is 15.3.